The Hall–Kier alpha value is -0.610. The molecule has 1 heterocycles. The SMILES string of the molecule is Cc1nc(CSC2CCCC2)nc(C)c1CN. The molecule has 0 saturated heterocycles. The van der Waals surface area contributed by atoms with E-state index in [0.29, 0.717) is 6.54 Å². The zero-order valence-electron chi connectivity index (χ0n) is 10.7. The lowest BCUT2D eigenvalue weighted by Gasteiger charge is -2.11. The van der Waals surface area contributed by atoms with E-state index in [4.69, 9.17) is 5.73 Å². The Kier molecular flexibility index (Phi) is 4.40. The highest BCUT2D eigenvalue weighted by molar-refractivity contribution is 7.99. The molecule has 1 fully saturated rings. The Morgan fingerprint density at radius 3 is 2.29 bits per heavy atom. The fraction of sp³-hybridized carbons (Fsp3) is 0.692. The number of nitrogens with zero attached hydrogens (tertiary/aromatic N) is 2. The second kappa shape index (κ2) is 5.83. The van der Waals surface area contributed by atoms with Crippen molar-refractivity contribution in [2.24, 2.45) is 5.73 Å². The van der Waals surface area contributed by atoms with Gasteiger partial charge in [-0.15, -0.1) is 0 Å². The molecule has 0 aromatic carbocycles. The minimum Gasteiger partial charge on any atom is -0.326 e. The van der Waals surface area contributed by atoms with E-state index in [1.165, 1.54) is 25.7 Å². The van der Waals surface area contributed by atoms with E-state index in [0.717, 1.165) is 33.8 Å². The van der Waals surface area contributed by atoms with Crippen LogP contribution in [-0.2, 0) is 12.3 Å². The van der Waals surface area contributed by atoms with Gasteiger partial charge in [0, 0.05) is 28.7 Å². The Morgan fingerprint density at radius 2 is 1.76 bits per heavy atom. The lowest BCUT2D eigenvalue weighted by Crippen LogP contribution is -2.09. The van der Waals surface area contributed by atoms with Crippen LogP contribution in [0, 0.1) is 13.8 Å². The summed E-state index contributed by atoms with van der Waals surface area (Å²) in [5.41, 5.74) is 8.87. The summed E-state index contributed by atoms with van der Waals surface area (Å²) >= 11 is 2.01. The third-order valence-electron chi connectivity index (χ3n) is 3.42. The van der Waals surface area contributed by atoms with Gasteiger partial charge in [-0.25, -0.2) is 9.97 Å². The Morgan fingerprint density at radius 1 is 1.18 bits per heavy atom. The first kappa shape index (κ1) is 12.8. The summed E-state index contributed by atoms with van der Waals surface area (Å²) in [5, 5.41) is 0.827. The molecule has 94 valence electrons. The molecule has 1 aliphatic carbocycles. The van der Waals surface area contributed by atoms with Crippen molar-refractivity contribution in [3.63, 3.8) is 0 Å². The van der Waals surface area contributed by atoms with Gasteiger partial charge in [0.1, 0.15) is 5.82 Å². The van der Waals surface area contributed by atoms with Gasteiger partial charge in [-0.1, -0.05) is 12.8 Å². The highest BCUT2D eigenvalue weighted by atomic mass is 32.2. The van der Waals surface area contributed by atoms with Gasteiger partial charge in [-0.2, -0.15) is 11.8 Å². The lowest BCUT2D eigenvalue weighted by molar-refractivity contribution is 0.878. The van der Waals surface area contributed by atoms with Crippen LogP contribution in [0.2, 0.25) is 0 Å². The summed E-state index contributed by atoms with van der Waals surface area (Å²) in [6.07, 6.45) is 5.51. The molecular formula is C13H21N3S. The standard InChI is InChI=1S/C13H21N3S/c1-9-12(7-14)10(2)16-13(15-9)8-17-11-5-3-4-6-11/h11H,3-8,14H2,1-2H3. The van der Waals surface area contributed by atoms with Crippen LogP contribution in [0.3, 0.4) is 0 Å². The fourth-order valence-electron chi connectivity index (χ4n) is 2.42. The molecule has 0 bridgehead atoms. The van der Waals surface area contributed by atoms with E-state index in [-0.39, 0.29) is 0 Å². The number of thioether (sulfide) groups is 1. The van der Waals surface area contributed by atoms with E-state index in [1.54, 1.807) is 0 Å². The summed E-state index contributed by atoms with van der Waals surface area (Å²) in [6.45, 7) is 4.59. The zero-order chi connectivity index (χ0) is 12.3. The van der Waals surface area contributed by atoms with E-state index < -0.39 is 0 Å². The van der Waals surface area contributed by atoms with Crippen molar-refractivity contribution in [2.45, 2.75) is 57.1 Å². The molecule has 0 unspecified atom stereocenters. The molecular weight excluding hydrogens is 230 g/mol. The number of nitrogens with two attached hydrogens (primary N) is 1. The van der Waals surface area contributed by atoms with E-state index in [2.05, 4.69) is 9.97 Å². The number of aromatic nitrogens is 2. The van der Waals surface area contributed by atoms with Gasteiger partial charge in [0.15, 0.2) is 0 Å². The summed E-state index contributed by atoms with van der Waals surface area (Å²) < 4.78 is 0. The normalized spacial score (nSPS) is 16.6. The fourth-order valence-corrected chi connectivity index (χ4v) is 3.60. The predicted molar refractivity (Wildman–Crippen MR) is 72.9 cm³/mol. The van der Waals surface area contributed by atoms with E-state index >= 15 is 0 Å². The summed E-state index contributed by atoms with van der Waals surface area (Å²) in [4.78, 5) is 9.11. The molecule has 1 aliphatic rings. The molecule has 2 rings (SSSR count). The molecule has 1 aromatic heterocycles. The maximum Gasteiger partial charge on any atom is 0.138 e. The van der Waals surface area contributed by atoms with Gasteiger partial charge >= 0.3 is 0 Å². The highest BCUT2D eigenvalue weighted by Crippen LogP contribution is 2.31. The maximum atomic E-state index is 5.69. The Labute approximate surface area is 108 Å². The van der Waals surface area contributed by atoms with Crippen LogP contribution in [0.25, 0.3) is 0 Å². The van der Waals surface area contributed by atoms with Gasteiger partial charge in [-0.3, -0.25) is 0 Å². The average molecular weight is 251 g/mol. The van der Waals surface area contributed by atoms with Gasteiger partial charge in [0.25, 0.3) is 0 Å². The number of rotatable bonds is 4. The third kappa shape index (κ3) is 3.19. The molecule has 1 saturated carbocycles. The van der Waals surface area contributed by atoms with Crippen LogP contribution >= 0.6 is 11.8 Å². The monoisotopic (exact) mass is 251 g/mol. The quantitative estimate of drug-likeness (QED) is 0.894. The van der Waals surface area contributed by atoms with Crippen molar-refractivity contribution in [2.75, 3.05) is 0 Å². The van der Waals surface area contributed by atoms with Crippen LogP contribution in [0.15, 0.2) is 0 Å². The lowest BCUT2D eigenvalue weighted by atomic mass is 10.2. The van der Waals surface area contributed by atoms with Crippen LogP contribution in [0.1, 0.15) is 48.5 Å². The number of hydrogen-bond acceptors (Lipinski definition) is 4. The minimum atomic E-state index is 0.535. The number of hydrogen-bond donors (Lipinski definition) is 1. The zero-order valence-corrected chi connectivity index (χ0v) is 11.5. The van der Waals surface area contributed by atoms with Crippen molar-refractivity contribution in [1.29, 1.82) is 0 Å². The van der Waals surface area contributed by atoms with Crippen molar-refractivity contribution in [1.82, 2.24) is 9.97 Å². The molecule has 1 aromatic rings. The summed E-state index contributed by atoms with van der Waals surface area (Å²) in [7, 11) is 0. The molecule has 0 amide bonds. The molecule has 0 spiro atoms. The van der Waals surface area contributed by atoms with Crippen LogP contribution in [0.4, 0.5) is 0 Å². The summed E-state index contributed by atoms with van der Waals surface area (Å²) in [6, 6.07) is 0. The van der Waals surface area contributed by atoms with Crippen LogP contribution in [-0.4, -0.2) is 15.2 Å². The van der Waals surface area contributed by atoms with Gasteiger partial charge in [0.2, 0.25) is 0 Å². The highest BCUT2D eigenvalue weighted by Gasteiger charge is 2.16. The summed E-state index contributed by atoms with van der Waals surface area (Å²) in [5.74, 6) is 1.91. The molecule has 0 atom stereocenters. The molecule has 0 radical (unpaired) electrons. The molecule has 4 heteroatoms. The van der Waals surface area contributed by atoms with Crippen molar-refractivity contribution in [3.05, 3.63) is 22.8 Å². The van der Waals surface area contributed by atoms with Crippen molar-refractivity contribution in [3.8, 4) is 0 Å². The Bertz CT molecular complexity index is 363. The Balaban J connectivity index is 2.01. The van der Waals surface area contributed by atoms with Crippen LogP contribution in [0.5, 0.6) is 0 Å². The number of aryl methyl sites for hydroxylation is 2. The topological polar surface area (TPSA) is 51.8 Å². The van der Waals surface area contributed by atoms with Crippen LogP contribution < -0.4 is 5.73 Å². The van der Waals surface area contributed by atoms with Gasteiger partial charge in [0.05, 0.1) is 5.75 Å². The largest absolute Gasteiger partial charge is 0.326 e. The molecule has 2 N–H and O–H groups in total. The third-order valence-corrected chi connectivity index (χ3v) is 4.79. The predicted octanol–water partition coefficient (Wildman–Crippen LogP) is 2.73. The van der Waals surface area contributed by atoms with Crippen molar-refractivity contribution < 1.29 is 0 Å². The van der Waals surface area contributed by atoms with E-state index in [1.807, 2.05) is 25.6 Å². The first-order chi connectivity index (χ1) is 8.20. The average Bonchev–Trinajstić information content (AvgIpc) is 2.79. The van der Waals surface area contributed by atoms with Gasteiger partial charge in [-0.05, 0) is 26.7 Å². The molecule has 3 nitrogen and oxygen atoms in total. The first-order valence-electron chi connectivity index (χ1n) is 6.35. The van der Waals surface area contributed by atoms with E-state index in [9.17, 15) is 0 Å². The minimum absolute atomic E-state index is 0.535. The van der Waals surface area contributed by atoms with Crippen molar-refractivity contribution >= 4 is 11.8 Å². The second-order valence-electron chi connectivity index (χ2n) is 4.71. The van der Waals surface area contributed by atoms with Gasteiger partial charge < -0.3 is 5.73 Å². The second-order valence-corrected chi connectivity index (χ2v) is 6.00. The molecule has 0 aliphatic heterocycles. The first-order valence-corrected chi connectivity index (χ1v) is 7.40. The smallest absolute Gasteiger partial charge is 0.138 e. The maximum absolute atomic E-state index is 5.69. The molecule has 17 heavy (non-hydrogen) atoms.